The first-order chi connectivity index (χ1) is 16.8. The Labute approximate surface area is 208 Å². The largest absolute Gasteiger partial charge is 0.338 e. The van der Waals surface area contributed by atoms with E-state index in [1.54, 1.807) is 53.4 Å². The van der Waals surface area contributed by atoms with Crippen LogP contribution in [0.3, 0.4) is 0 Å². The van der Waals surface area contributed by atoms with E-state index in [0.717, 1.165) is 31.6 Å². The van der Waals surface area contributed by atoms with Gasteiger partial charge in [0, 0.05) is 31.9 Å². The van der Waals surface area contributed by atoms with E-state index in [9.17, 15) is 14.0 Å². The summed E-state index contributed by atoms with van der Waals surface area (Å²) in [6.07, 6.45) is 8.70. The number of aryl methyl sites for hydroxylation is 2. The molecule has 2 aromatic rings. The molecule has 0 aliphatic carbocycles. The van der Waals surface area contributed by atoms with Crippen molar-refractivity contribution in [2.24, 2.45) is 0 Å². The second kappa shape index (κ2) is 16.0. The molecule has 0 saturated carbocycles. The molecule has 0 spiro atoms. The van der Waals surface area contributed by atoms with E-state index in [4.69, 9.17) is 0 Å². The van der Waals surface area contributed by atoms with Gasteiger partial charge in [-0.25, -0.2) is 23.9 Å². The van der Waals surface area contributed by atoms with Gasteiger partial charge >= 0.3 is 12.1 Å². The second-order valence-corrected chi connectivity index (χ2v) is 7.71. The average molecular weight is 485 g/mol. The summed E-state index contributed by atoms with van der Waals surface area (Å²) in [6, 6.07) is 4.64. The molecule has 8 nitrogen and oxygen atoms in total. The van der Waals surface area contributed by atoms with E-state index >= 15 is 0 Å². The summed E-state index contributed by atoms with van der Waals surface area (Å²) in [5.41, 5.74) is 1.97. The maximum absolute atomic E-state index is 13.3. The summed E-state index contributed by atoms with van der Waals surface area (Å²) in [4.78, 5) is 34.3. The van der Waals surface area contributed by atoms with Crippen molar-refractivity contribution >= 4 is 23.4 Å². The van der Waals surface area contributed by atoms with Crippen molar-refractivity contribution in [3.8, 4) is 0 Å². The van der Waals surface area contributed by atoms with Crippen LogP contribution < -0.4 is 20.4 Å². The lowest BCUT2D eigenvalue weighted by atomic mass is 10.2. The molecule has 4 amide bonds. The van der Waals surface area contributed by atoms with Crippen LogP contribution in [0.4, 0.5) is 25.4 Å². The molecule has 2 N–H and O–H groups in total. The molecule has 190 valence electrons. The molecule has 2 aliphatic heterocycles. The van der Waals surface area contributed by atoms with Crippen LogP contribution in [0, 0.1) is 19.7 Å². The van der Waals surface area contributed by atoms with Crippen LogP contribution in [-0.4, -0.2) is 48.2 Å². The topological polar surface area (TPSA) is 90.5 Å². The van der Waals surface area contributed by atoms with Gasteiger partial charge in [0.05, 0.1) is 18.1 Å². The van der Waals surface area contributed by atoms with Gasteiger partial charge in [-0.1, -0.05) is 18.2 Å². The molecule has 0 unspecified atom stereocenters. The summed E-state index contributed by atoms with van der Waals surface area (Å²) in [5.74, 6) is 0.442. The van der Waals surface area contributed by atoms with Gasteiger partial charge in [0.2, 0.25) is 0 Å². The van der Waals surface area contributed by atoms with Crippen LogP contribution in [0.1, 0.15) is 38.1 Å². The molecule has 0 atom stereocenters. The van der Waals surface area contributed by atoms with Crippen molar-refractivity contribution in [3.05, 3.63) is 73.1 Å². The van der Waals surface area contributed by atoms with Crippen molar-refractivity contribution in [1.29, 1.82) is 0 Å². The molecular formula is C26H37FN6O2. The number of aromatic nitrogens is 2. The van der Waals surface area contributed by atoms with E-state index in [0.29, 0.717) is 30.2 Å². The Morgan fingerprint density at radius 3 is 1.77 bits per heavy atom. The number of benzene rings is 1. The van der Waals surface area contributed by atoms with Gasteiger partial charge < -0.3 is 10.6 Å². The van der Waals surface area contributed by atoms with Crippen LogP contribution in [0.2, 0.25) is 0 Å². The quantitative estimate of drug-likeness (QED) is 0.577. The lowest BCUT2D eigenvalue weighted by Gasteiger charge is -2.27. The Bertz CT molecular complexity index is 959. The highest BCUT2D eigenvalue weighted by atomic mass is 19.1. The minimum atomic E-state index is -0.272. The van der Waals surface area contributed by atoms with Crippen LogP contribution in [0.25, 0.3) is 0 Å². The monoisotopic (exact) mass is 484 g/mol. The first-order valence-electron chi connectivity index (χ1n) is 11.6. The number of urea groups is 2. The lowest BCUT2D eigenvalue weighted by molar-refractivity contribution is 0.242. The van der Waals surface area contributed by atoms with Gasteiger partial charge in [0.1, 0.15) is 11.6 Å². The molecule has 0 bridgehead atoms. The third kappa shape index (κ3) is 9.95. The third-order valence-corrected chi connectivity index (χ3v) is 4.71. The third-order valence-electron chi connectivity index (χ3n) is 4.71. The number of rotatable bonds is 2. The number of nitrogens with zero attached hydrogens (tertiary/aromatic N) is 4. The Morgan fingerprint density at radius 1 is 0.886 bits per heavy atom. The number of hydrogen-bond donors (Lipinski definition) is 2. The molecule has 2 saturated heterocycles. The van der Waals surface area contributed by atoms with E-state index < -0.39 is 0 Å². The van der Waals surface area contributed by atoms with Gasteiger partial charge in [-0.15, -0.1) is 13.2 Å². The van der Waals surface area contributed by atoms with Crippen molar-refractivity contribution in [2.75, 3.05) is 36.0 Å². The summed E-state index contributed by atoms with van der Waals surface area (Å²) < 4.78 is 13.3. The number of carbonyl (C=O) groups is 2. The Morgan fingerprint density at radius 2 is 1.34 bits per heavy atom. The van der Waals surface area contributed by atoms with Crippen molar-refractivity contribution in [2.45, 2.75) is 40.5 Å². The smallest absolute Gasteiger partial charge is 0.321 e. The highest BCUT2D eigenvalue weighted by Crippen LogP contribution is 2.20. The fourth-order valence-electron chi connectivity index (χ4n) is 3.03. The van der Waals surface area contributed by atoms with Crippen LogP contribution in [0.15, 0.2) is 55.9 Å². The first-order valence-corrected chi connectivity index (χ1v) is 11.6. The minimum Gasteiger partial charge on any atom is -0.338 e. The molecule has 0 radical (unpaired) electrons. The predicted octanol–water partition coefficient (Wildman–Crippen LogP) is 5.14. The van der Waals surface area contributed by atoms with Gasteiger partial charge in [-0.2, -0.15) is 0 Å². The molecule has 35 heavy (non-hydrogen) atoms. The van der Waals surface area contributed by atoms with Gasteiger partial charge in [0.25, 0.3) is 0 Å². The highest BCUT2D eigenvalue weighted by Gasteiger charge is 2.20. The number of hydrogen-bond acceptors (Lipinski definition) is 4. The standard InChI is InChI=1S/C11H13FN2O.C9H12N4O.2C3H6/c1-8-3-4-9(7-10(8)12)14-6-2-5-13-11(14)15;1-7-11-5-8(6-12-7)13-4-2-3-10-9(13)14;2*1-3-2/h3-4,7H,2,5-6H2,1H3,(H,13,15);5-6H,2-4H2,1H3,(H,10,14);2*3H,1H2,2H3. The van der Waals surface area contributed by atoms with Gasteiger partial charge in [-0.05, 0) is 58.2 Å². The summed E-state index contributed by atoms with van der Waals surface area (Å²) in [6.45, 7) is 16.9. The molecular weight excluding hydrogens is 447 g/mol. The fraction of sp³-hybridized carbons (Fsp3) is 0.385. The normalized spacial score (nSPS) is 14.4. The lowest BCUT2D eigenvalue weighted by Crippen LogP contribution is -2.46. The molecule has 4 rings (SSSR count). The number of allylic oxidation sites excluding steroid dienone is 2. The maximum atomic E-state index is 13.3. The highest BCUT2D eigenvalue weighted by molar-refractivity contribution is 5.93. The van der Waals surface area contributed by atoms with E-state index in [1.807, 2.05) is 20.8 Å². The molecule has 1 aromatic carbocycles. The molecule has 1 aromatic heterocycles. The van der Waals surface area contributed by atoms with Crippen molar-refractivity contribution in [3.63, 3.8) is 0 Å². The summed E-state index contributed by atoms with van der Waals surface area (Å²) in [5, 5.41) is 5.51. The molecule has 9 heteroatoms. The minimum absolute atomic E-state index is 0.0660. The van der Waals surface area contributed by atoms with Gasteiger partial charge in [0.15, 0.2) is 0 Å². The van der Waals surface area contributed by atoms with Crippen LogP contribution >= 0.6 is 0 Å². The van der Waals surface area contributed by atoms with Crippen LogP contribution in [0.5, 0.6) is 0 Å². The molecule has 2 aliphatic rings. The van der Waals surface area contributed by atoms with Crippen molar-refractivity contribution in [1.82, 2.24) is 20.6 Å². The number of amides is 4. The number of carbonyl (C=O) groups excluding carboxylic acids is 2. The van der Waals surface area contributed by atoms with E-state index in [1.165, 1.54) is 6.07 Å². The number of halogens is 1. The summed E-state index contributed by atoms with van der Waals surface area (Å²) >= 11 is 0. The zero-order valence-electron chi connectivity index (χ0n) is 21.2. The Hall–Kier alpha value is -3.75. The number of anilines is 2. The Kier molecular flexibility index (Phi) is 13.4. The van der Waals surface area contributed by atoms with Crippen LogP contribution in [-0.2, 0) is 0 Å². The van der Waals surface area contributed by atoms with Crippen molar-refractivity contribution < 1.29 is 14.0 Å². The second-order valence-electron chi connectivity index (χ2n) is 7.71. The zero-order valence-corrected chi connectivity index (χ0v) is 21.2. The van der Waals surface area contributed by atoms with E-state index in [-0.39, 0.29) is 17.9 Å². The average Bonchev–Trinajstić information content (AvgIpc) is 2.84. The SMILES string of the molecule is C=CC.C=CC.Cc1ccc(N2CCCNC2=O)cc1F.Cc1ncc(N2CCCNC2=O)cn1. The Balaban J connectivity index is 0.000000287. The maximum Gasteiger partial charge on any atom is 0.321 e. The first kappa shape index (κ1) is 29.3. The van der Waals surface area contributed by atoms with E-state index in [2.05, 4.69) is 33.8 Å². The fourth-order valence-corrected chi connectivity index (χ4v) is 3.03. The summed E-state index contributed by atoms with van der Waals surface area (Å²) in [7, 11) is 0. The molecule has 3 heterocycles. The van der Waals surface area contributed by atoms with Gasteiger partial charge in [-0.3, -0.25) is 9.80 Å². The molecule has 2 fully saturated rings. The number of nitrogens with one attached hydrogen (secondary N) is 2. The zero-order chi connectivity index (χ0) is 26.2. The predicted molar refractivity (Wildman–Crippen MR) is 140 cm³/mol.